The summed E-state index contributed by atoms with van der Waals surface area (Å²) in [5.74, 6) is 1.47. The van der Waals surface area contributed by atoms with Gasteiger partial charge in [0.15, 0.2) is 6.61 Å². The molecule has 1 saturated heterocycles. The number of amides is 1. The second-order valence-corrected chi connectivity index (χ2v) is 5.24. The van der Waals surface area contributed by atoms with Crippen LogP contribution in [0.5, 0.6) is 5.75 Å². The van der Waals surface area contributed by atoms with Gasteiger partial charge in [-0.15, -0.1) is 0 Å². The van der Waals surface area contributed by atoms with Gasteiger partial charge in [0.1, 0.15) is 5.75 Å². The van der Waals surface area contributed by atoms with E-state index < -0.39 is 0 Å². The predicted octanol–water partition coefficient (Wildman–Crippen LogP) is 2.98. The van der Waals surface area contributed by atoms with Crippen molar-refractivity contribution in [1.29, 1.82) is 0 Å². The number of likely N-dealkylation sites (tertiary alicyclic amines) is 1. The highest BCUT2D eigenvalue weighted by molar-refractivity contribution is 6.30. The van der Waals surface area contributed by atoms with Crippen LogP contribution in [0.1, 0.15) is 19.8 Å². The number of carbonyl (C=O) groups is 1. The van der Waals surface area contributed by atoms with E-state index in [4.69, 9.17) is 16.3 Å². The van der Waals surface area contributed by atoms with Crippen LogP contribution in [0, 0.1) is 5.92 Å². The molecule has 4 heteroatoms. The van der Waals surface area contributed by atoms with E-state index in [-0.39, 0.29) is 12.5 Å². The molecule has 1 aromatic carbocycles. The number of halogens is 1. The van der Waals surface area contributed by atoms with E-state index in [2.05, 4.69) is 6.92 Å². The Labute approximate surface area is 113 Å². The van der Waals surface area contributed by atoms with Crippen molar-refractivity contribution in [2.45, 2.75) is 19.8 Å². The number of hydrogen-bond donors (Lipinski definition) is 0. The minimum absolute atomic E-state index is 0.0665. The van der Waals surface area contributed by atoms with E-state index >= 15 is 0 Å². The highest BCUT2D eigenvalue weighted by Gasteiger charge is 2.20. The highest BCUT2D eigenvalue weighted by atomic mass is 35.5. The molecular formula is C14H18ClNO2. The molecule has 3 nitrogen and oxygen atoms in total. The summed E-state index contributed by atoms with van der Waals surface area (Å²) in [6.07, 6.45) is 2.18. The Morgan fingerprint density at radius 3 is 2.56 bits per heavy atom. The van der Waals surface area contributed by atoms with Gasteiger partial charge in [0.25, 0.3) is 5.91 Å². The fourth-order valence-corrected chi connectivity index (χ4v) is 2.15. The fraction of sp³-hybridized carbons (Fsp3) is 0.500. The average Bonchev–Trinajstić information content (AvgIpc) is 2.38. The van der Waals surface area contributed by atoms with Gasteiger partial charge < -0.3 is 9.64 Å². The first-order valence-corrected chi connectivity index (χ1v) is 6.69. The van der Waals surface area contributed by atoms with Crippen molar-refractivity contribution in [3.05, 3.63) is 29.3 Å². The van der Waals surface area contributed by atoms with Crippen molar-refractivity contribution < 1.29 is 9.53 Å². The molecule has 0 aromatic heterocycles. The summed E-state index contributed by atoms with van der Waals surface area (Å²) in [5, 5.41) is 0.665. The zero-order valence-corrected chi connectivity index (χ0v) is 11.3. The van der Waals surface area contributed by atoms with Crippen LogP contribution in [0.4, 0.5) is 0 Å². The molecule has 1 aliphatic heterocycles. The van der Waals surface area contributed by atoms with E-state index in [1.807, 2.05) is 4.90 Å². The zero-order chi connectivity index (χ0) is 13.0. The maximum atomic E-state index is 11.9. The fourth-order valence-electron chi connectivity index (χ4n) is 2.03. The predicted molar refractivity (Wildman–Crippen MR) is 71.9 cm³/mol. The lowest BCUT2D eigenvalue weighted by atomic mass is 9.99. The Morgan fingerprint density at radius 2 is 1.94 bits per heavy atom. The third-order valence-electron chi connectivity index (χ3n) is 3.31. The lowest BCUT2D eigenvalue weighted by molar-refractivity contribution is -0.134. The van der Waals surface area contributed by atoms with E-state index in [1.165, 1.54) is 0 Å². The van der Waals surface area contributed by atoms with Crippen LogP contribution in [-0.4, -0.2) is 30.5 Å². The lowest BCUT2D eigenvalue weighted by Crippen LogP contribution is -2.40. The van der Waals surface area contributed by atoms with Gasteiger partial charge in [0, 0.05) is 18.1 Å². The number of hydrogen-bond acceptors (Lipinski definition) is 2. The van der Waals surface area contributed by atoms with Crippen molar-refractivity contribution in [3.63, 3.8) is 0 Å². The maximum Gasteiger partial charge on any atom is 0.260 e. The first kappa shape index (κ1) is 13.2. The van der Waals surface area contributed by atoms with Gasteiger partial charge in [0.05, 0.1) is 0 Å². The monoisotopic (exact) mass is 267 g/mol. The van der Waals surface area contributed by atoms with E-state index in [0.717, 1.165) is 31.8 Å². The Kier molecular flexibility index (Phi) is 4.48. The number of ether oxygens (including phenoxy) is 1. The van der Waals surface area contributed by atoms with Crippen LogP contribution < -0.4 is 4.74 Å². The summed E-state index contributed by atoms with van der Waals surface area (Å²) in [6.45, 7) is 4.04. The number of benzene rings is 1. The molecule has 98 valence electrons. The summed E-state index contributed by atoms with van der Waals surface area (Å²) < 4.78 is 5.45. The van der Waals surface area contributed by atoms with Crippen LogP contribution in [0.25, 0.3) is 0 Å². The zero-order valence-electron chi connectivity index (χ0n) is 10.6. The summed E-state index contributed by atoms with van der Waals surface area (Å²) in [6, 6.07) is 7.05. The minimum Gasteiger partial charge on any atom is -0.484 e. The molecule has 0 saturated carbocycles. The maximum absolute atomic E-state index is 11.9. The van der Waals surface area contributed by atoms with Gasteiger partial charge in [-0.3, -0.25) is 4.79 Å². The second kappa shape index (κ2) is 6.10. The minimum atomic E-state index is 0.0665. The third kappa shape index (κ3) is 3.64. The Morgan fingerprint density at radius 1 is 1.33 bits per heavy atom. The quantitative estimate of drug-likeness (QED) is 0.843. The van der Waals surface area contributed by atoms with Gasteiger partial charge in [-0.1, -0.05) is 18.5 Å². The first-order chi connectivity index (χ1) is 8.65. The van der Waals surface area contributed by atoms with Gasteiger partial charge in [-0.25, -0.2) is 0 Å². The molecular weight excluding hydrogens is 250 g/mol. The molecule has 0 radical (unpaired) electrons. The summed E-state index contributed by atoms with van der Waals surface area (Å²) in [5.41, 5.74) is 0. The van der Waals surface area contributed by atoms with Gasteiger partial charge >= 0.3 is 0 Å². The molecule has 18 heavy (non-hydrogen) atoms. The number of piperidine rings is 1. The molecule has 0 spiro atoms. The molecule has 1 fully saturated rings. The molecule has 0 N–H and O–H groups in total. The van der Waals surface area contributed by atoms with Crippen LogP contribution in [0.3, 0.4) is 0 Å². The molecule has 1 heterocycles. The van der Waals surface area contributed by atoms with E-state index in [1.54, 1.807) is 24.3 Å². The van der Waals surface area contributed by atoms with Crippen molar-refractivity contribution in [2.24, 2.45) is 5.92 Å². The molecule has 2 rings (SSSR count). The summed E-state index contributed by atoms with van der Waals surface area (Å²) >= 11 is 5.78. The van der Waals surface area contributed by atoms with Crippen LogP contribution in [-0.2, 0) is 4.79 Å². The van der Waals surface area contributed by atoms with Crippen LogP contribution >= 0.6 is 11.6 Å². The largest absolute Gasteiger partial charge is 0.484 e. The Hall–Kier alpha value is -1.22. The lowest BCUT2D eigenvalue weighted by Gasteiger charge is -2.30. The Balaban J connectivity index is 1.79. The van der Waals surface area contributed by atoms with E-state index in [0.29, 0.717) is 10.8 Å². The van der Waals surface area contributed by atoms with Crippen LogP contribution in [0.15, 0.2) is 24.3 Å². The van der Waals surface area contributed by atoms with E-state index in [9.17, 15) is 4.79 Å². The van der Waals surface area contributed by atoms with Crippen LogP contribution in [0.2, 0.25) is 5.02 Å². The summed E-state index contributed by atoms with van der Waals surface area (Å²) in [7, 11) is 0. The van der Waals surface area contributed by atoms with Crippen molar-refractivity contribution >= 4 is 17.5 Å². The average molecular weight is 268 g/mol. The molecule has 0 aliphatic carbocycles. The third-order valence-corrected chi connectivity index (χ3v) is 3.56. The van der Waals surface area contributed by atoms with Crippen molar-refractivity contribution in [1.82, 2.24) is 4.90 Å². The molecule has 1 aliphatic rings. The SMILES string of the molecule is CC1CCN(C(=O)COc2ccc(Cl)cc2)CC1. The number of nitrogens with zero attached hydrogens (tertiary/aromatic N) is 1. The highest BCUT2D eigenvalue weighted by Crippen LogP contribution is 2.17. The summed E-state index contributed by atoms with van der Waals surface area (Å²) in [4.78, 5) is 13.8. The molecule has 1 amide bonds. The molecule has 1 aromatic rings. The van der Waals surface area contributed by atoms with Crippen molar-refractivity contribution in [2.75, 3.05) is 19.7 Å². The van der Waals surface area contributed by atoms with Gasteiger partial charge in [0.2, 0.25) is 0 Å². The first-order valence-electron chi connectivity index (χ1n) is 6.31. The standard InChI is InChI=1S/C14H18ClNO2/c1-11-6-8-16(9-7-11)14(17)10-18-13-4-2-12(15)3-5-13/h2-5,11H,6-10H2,1H3. The molecule has 0 atom stereocenters. The molecule has 0 bridgehead atoms. The van der Waals surface area contributed by atoms with Crippen molar-refractivity contribution in [3.8, 4) is 5.75 Å². The Bertz CT molecular complexity index is 397. The number of carbonyl (C=O) groups excluding carboxylic acids is 1. The normalized spacial score (nSPS) is 16.7. The topological polar surface area (TPSA) is 29.5 Å². The number of rotatable bonds is 3. The second-order valence-electron chi connectivity index (χ2n) is 4.81. The van der Waals surface area contributed by atoms with Gasteiger partial charge in [-0.2, -0.15) is 0 Å². The molecule has 0 unspecified atom stereocenters. The smallest absolute Gasteiger partial charge is 0.260 e. The van der Waals surface area contributed by atoms with Gasteiger partial charge in [-0.05, 0) is 43.0 Å².